The molecule has 1 amide bonds. The summed E-state index contributed by atoms with van der Waals surface area (Å²) in [5.41, 5.74) is 1.93. The second kappa shape index (κ2) is 21.1. The van der Waals surface area contributed by atoms with Crippen LogP contribution in [-0.2, 0) is 24.3 Å². The maximum Gasteiger partial charge on any atom is 0.225 e. The number of ether oxygens (including phenoxy) is 2. The van der Waals surface area contributed by atoms with Crippen LogP contribution in [0.2, 0.25) is 0 Å². The molecule has 0 fully saturated rings. The van der Waals surface area contributed by atoms with Crippen LogP contribution in [0.3, 0.4) is 0 Å². The van der Waals surface area contributed by atoms with E-state index in [0.29, 0.717) is 18.9 Å². The molecule has 0 aliphatic rings. The summed E-state index contributed by atoms with van der Waals surface area (Å²) in [6.07, 6.45) is 18.2. The van der Waals surface area contributed by atoms with Crippen molar-refractivity contribution in [1.29, 1.82) is 0 Å². The Bertz CT molecular complexity index is 875. The van der Waals surface area contributed by atoms with Crippen LogP contribution in [0.25, 0.3) is 0 Å². The van der Waals surface area contributed by atoms with Crippen LogP contribution in [0.15, 0.2) is 42.6 Å². The van der Waals surface area contributed by atoms with Gasteiger partial charge in [-0.2, -0.15) is 0 Å². The minimum absolute atomic E-state index is 0. The molecule has 2 rings (SSSR count). The molecule has 0 unspecified atom stereocenters. The lowest BCUT2D eigenvalue weighted by molar-refractivity contribution is -0.701. The van der Waals surface area contributed by atoms with E-state index in [9.17, 15) is 4.79 Å². The molecule has 208 valence electrons. The Kier molecular flexibility index (Phi) is 19.0. The SMILES string of the molecule is CCCCCCCCCCCCCCOc1cccc(CC(=O)NCc2cccc[n+]2CC)c1OC.[I-]. The monoisotopic (exact) mass is 624 g/mol. The number of pyridine rings is 1. The van der Waals surface area contributed by atoms with Crippen molar-refractivity contribution in [3.05, 3.63) is 53.9 Å². The Morgan fingerprint density at radius 1 is 0.838 bits per heavy atom. The second-order valence-corrected chi connectivity index (χ2v) is 9.62. The predicted molar refractivity (Wildman–Crippen MR) is 147 cm³/mol. The summed E-state index contributed by atoms with van der Waals surface area (Å²) < 4.78 is 13.8. The van der Waals surface area contributed by atoms with Gasteiger partial charge in [-0.05, 0) is 19.4 Å². The van der Waals surface area contributed by atoms with Gasteiger partial charge in [-0.15, -0.1) is 0 Å². The molecule has 0 saturated heterocycles. The van der Waals surface area contributed by atoms with Crippen LogP contribution >= 0.6 is 0 Å². The largest absolute Gasteiger partial charge is 1.00 e. The average molecular weight is 625 g/mol. The standard InChI is InChI=1S/C31H48N2O3.HI/c1-4-6-7-8-9-10-11-12-13-14-15-18-24-36-29-22-19-20-27(31(29)35-3)25-30(34)32-26-28-21-16-17-23-33(28)5-2;/h16-17,19-23H,4-15,18,24-26H2,1-3H3;1H. The van der Waals surface area contributed by atoms with Crippen molar-refractivity contribution in [3.8, 4) is 11.5 Å². The van der Waals surface area contributed by atoms with Crippen LogP contribution in [0.1, 0.15) is 102 Å². The zero-order chi connectivity index (χ0) is 25.8. The Labute approximate surface area is 242 Å². The van der Waals surface area contributed by atoms with E-state index in [0.717, 1.165) is 30.0 Å². The molecular weight excluding hydrogens is 575 g/mol. The fourth-order valence-corrected chi connectivity index (χ4v) is 4.58. The summed E-state index contributed by atoms with van der Waals surface area (Å²) in [4.78, 5) is 12.6. The lowest BCUT2D eigenvalue weighted by atomic mass is 10.1. The highest BCUT2D eigenvalue weighted by Crippen LogP contribution is 2.31. The lowest BCUT2D eigenvalue weighted by Crippen LogP contribution is -3.00. The van der Waals surface area contributed by atoms with Crippen molar-refractivity contribution in [2.24, 2.45) is 0 Å². The molecule has 6 heteroatoms. The molecule has 0 aliphatic heterocycles. The number of amides is 1. The number of methoxy groups -OCH3 is 1. The van der Waals surface area contributed by atoms with Crippen LogP contribution in [0.4, 0.5) is 0 Å². The number of aromatic nitrogens is 1. The van der Waals surface area contributed by atoms with Gasteiger partial charge in [0.2, 0.25) is 11.6 Å². The van der Waals surface area contributed by atoms with Gasteiger partial charge >= 0.3 is 0 Å². The first kappa shape index (κ1) is 33.2. The molecule has 1 aromatic heterocycles. The predicted octanol–water partition coefficient (Wildman–Crippen LogP) is 3.95. The maximum absolute atomic E-state index is 12.6. The van der Waals surface area contributed by atoms with Gasteiger partial charge < -0.3 is 38.8 Å². The third-order valence-corrected chi connectivity index (χ3v) is 6.71. The highest BCUT2D eigenvalue weighted by atomic mass is 127. The maximum atomic E-state index is 12.6. The summed E-state index contributed by atoms with van der Waals surface area (Å²) in [6.45, 7) is 6.42. The molecule has 0 aliphatic carbocycles. The van der Waals surface area contributed by atoms with Gasteiger partial charge in [0.1, 0.15) is 13.1 Å². The summed E-state index contributed by atoms with van der Waals surface area (Å²) in [5.74, 6) is 1.35. The molecule has 5 nitrogen and oxygen atoms in total. The quantitative estimate of drug-likeness (QED) is 0.138. The Balaban J connectivity index is 0.00000684. The topological polar surface area (TPSA) is 51.4 Å². The van der Waals surface area contributed by atoms with Crippen LogP contribution in [0.5, 0.6) is 11.5 Å². The van der Waals surface area contributed by atoms with Crippen molar-refractivity contribution in [2.45, 2.75) is 110 Å². The highest BCUT2D eigenvalue weighted by molar-refractivity contribution is 5.79. The number of unbranched alkanes of at least 4 members (excludes halogenated alkanes) is 11. The van der Waals surface area contributed by atoms with E-state index in [1.54, 1.807) is 7.11 Å². The number of aryl methyl sites for hydroxylation is 1. The van der Waals surface area contributed by atoms with E-state index in [4.69, 9.17) is 9.47 Å². The Morgan fingerprint density at radius 2 is 1.49 bits per heavy atom. The first-order valence-electron chi connectivity index (χ1n) is 14.2. The number of nitrogens with one attached hydrogen (secondary N) is 1. The summed E-state index contributed by atoms with van der Waals surface area (Å²) in [6, 6.07) is 11.8. The summed E-state index contributed by atoms with van der Waals surface area (Å²) in [5, 5.41) is 3.03. The van der Waals surface area contributed by atoms with Gasteiger partial charge in [-0.1, -0.05) is 95.8 Å². The number of hydrogen-bond donors (Lipinski definition) is 1. The molecule has 0 radical (unpaired) electrons. The summed E-state index contributed by atoms with van der Waals surface area (Å²) >= 11 is 0. The first-order chi connectivity index (χ1) is 17.7. The third kappa shape index (κ3) is 13.5. The van der Waals surface area contributed by atoms with E-state index in [2.05, 4.69) is 23.7 Å². The Hall–Kier alpha value is -1.83. The first-order valence-corrected chi connectivity index (χ1v) is 14.2. The number of benzene rings is 1. The molecule has 1 heterocycles. The number of hydrogen-bond acceptors (Lipinski definition) is 3. The number of para-hydroxylation sites is 1. The van der Waals surface area contributed by atoms with Crippen LogP contribution < -0.4 is 43.3 Å². The molecule has 0 saturated carbocycles. The van der Waals surface area contributed by atoms with E-state index in [-0.39, 0.29) is 36.3 Å². The minimum atomic E-state index is -0.0297. The number of carbonyl (C=O) groups is 1. The van der Waals surface area contributed by atoms with Crippen molar-refractivity contribution >= 4 is 5.91 Å². The number of carbonyl (C=O) groups excluding carboxylic acids is 1. The van der Waals surface area contributed by atoms with Gasteiger partial charge in [-0.25, -0.2) is 4.57 Å². The van der Waals surface area contributed by atoms with E-state index >= 15 is 0 Å². The normalized spacial score (nSPS) is 10.6. The van der Waals surface area contributed by atoms with Crippen molar-refractivity contribution < 1.29 is 42.8 Å². The fourth-order valence-electron chi connectivity index (χ4n) is 4.58. The second-order valence-electron chi connectivity index (χ2n) is 9.62. The highest BCUT2D eigenvalue weighted by Gasteiger charge is 2.15. The molecule has 0 spiro atoms. The van der Waals surface area contributed by atoms with Crippen molar-refractivity contribution in [2.75, 3.05) is 13.7 Å². The van der Waals surface area contributed by atoms with Gasteiger partial charge in [0.15, 0.2) is 17.7 Å². The molecule has 0 bridgehead atoms. The van der Waals surface area contributed by atoms with Crippen molar-refractivity contribution in [1.82, 2.24) is 5.32 Å². The fraction of sp³-hybridized carbons (Fsp3) is 0.613. The van der Waals surface area contributed by atoms with E-state index < -0.39 is 0 Å². The molecule has 37 heavy (non-hydrogen) atoms. The number of halogens is 1. The zero-order valence-electron chi connectivity index (χ0n) is 23.4. The number of nitrogens with zero attached hydrogens (tertiary/aromatic N) is 1. The van der Waals surface area contributed by atoms with E-state index in [1.807, 2.05) is 42.6 Å². The van der Waals surface area contributed by atoms with E-state index in [1.165, 1.54) is 70.6 Å². The van der Waals surface area contributed by atoms with Crippen LogP contribution in [-0.4, -0.2) is 19.6 Å². The molecule has 1 N–H and O–H groups in total. The number of rotatable bonds is 20. The van der Waals surface area contributed by atoms with Crippen LogP contribution in [0, 0.1) is 0 Å². The van der Waals surface area contributed by atoms with Gasteiger partial charge in [0.25, 0.3) is 0 Å². The van der Waals surface area contributed by atoms with Crippen molar-refractivity contribution in [3.63, 3.8) is 0 Å². The van der Waals surface area contributed by atoms with Gasteiger partial charge in [-0.3, -0.25) is 4.79 Å². The minimum Gasteiger partial charge on any atom is -1.00 e. The summed E-state index contributed by atoms with van der Waals surface area (Å²) in [7, 11) is 1.64. The average Bonchev–Trinajstić information content (AvgIpc) is 2.90. The Morgan fingerprint density at radius 3 is 2.11 bits per heavy atom. The smallest absolute Gasteiger partial charge is 0.225 e. The molecule has 0 atom stereocenters. The zero-order valence-corrected chi connectivity index (χ0v) is 25.6. The molecular formula is C31H49IN2O3. The van der Waals surface area contributed by atoms with Gasteiger partial charge in [0, 0.05) is 17.7 Å². The van der Waals surface area contributed by atoms with Gasteiger partial charge in [0.05, 0.1) is 20.1 Å². The molecule has 1 aromatic carbocycles. The molecule has 2 aromatic rings. The lowest BCUT2D eigenvalue weighted by Gasteiger charge is -2.14. The third-order valence-electron chi connectivity index (χ3n) is 6.71.